The summed E-state index contributed by atoms with van der Waals surface area (Å²) in [6.45, 7) is 3.24. The maximum absolute atomic E-state index is 12.0. The number of hydrogen-bond acceptors (Lipinski definition) is 2. The monoisotopic (exact) mass is 292 g/mol. The van der Waals surface area contributed by atoms with Crippen molar-refractivity contribution in [2.75, 3.05) is 6.54 Å². The van der Waals surface area contributed by atoms with Crippen LogP contribution < -0.4 is 4.72 Å². The van der Waals surface area contributed by atoms with Crippen molar-refractivity contribution in [2.24, 2.45) is 0 Å². The van der Waals surface area contributed by atoms with Crippen LogP contribution in [0.5, 0.6) is 0 Å². The Labute approximate surface area is 120 Å². The molecule has 1 aromatic carbocycles. The van der Waals surface area contributed by atoms with Crippen LogP contribution in [-0.4, -0.2) is 19.5 Å². The molecular formula is C15H20N2O2S. The van der Waals surface area contributed by atoms with Gasteiger partial charge in [-0.25, -0.2) is 13.1 Å². The van der Waals surface area contributed by atoms with Crippen LogP contribution in [0.1, 0.15) is 17.5 Å². The van der Waals surface area contributed by atoms with Crippen molar-refractivity contribution in [1.82, 2.24) is 9.29 Å². The normalized spacial score (nSPS) is 11.7. The van der Waals surface area contributed by atoms with E-state index in [4.69, 9.17) is 0 Å². The third-order valence-corrected chi connectivity index (χ3v) is 4.38. The molecule has 2 aromatic rings. The Bertz CT molecular complexity index is 634. The number of hydrogen-bond donors (Lipinski definition) is 1. The van der Waals surface area contributed by atoms with Gasteiger partial charge in [0.25, 0.3) is 0 Å². The zero-order chi connectivity index (χ0) is 14.4. The molecule has 0 fully saturated rings. The van der Waals surface area contributed by atoms with Gasteiger partial charge in [-0.05, 0) is 31.0 Å². The van der Waals surface area contributed by atoms with E-state index in [0.29, 0.717) is 6.54 Å². The van der Waals surface area contributed by atoms with Crippen molar-refractivity contribution in [3.8, 4) is 0 Å². The van der Waals surface area contributed by atoms with Crippen LogP contribution in [0.3, 0.4) is 0 Å². The van der Waals surface area contributed by atoms with E-state index in [1.807, 2.05) is 60.3 Å². The van der Waals surface area contributed by atoms with Gasteiger partial charge in [0, 0.05) is 25.5 Å². The number of sulfonamides is 1. The van der Waals surface area contributed by atoms with E-state index in [-0.39, 0.29) is 5.75 Å². The van der Waals surface area contributed by atoms with Crippen molar-refractivity contribution in [3.63, 3.8) is 0 Å². The molecule has 0 unspecified atom stereocenters. The summed E-state index contributed by atoms with van der Waals surface area (Å²) in [5.74, 6) is 0.0399. The molecule has 108 valence electrons. The number of aryl methyl sites for hydroxylation is 2. The maximum Gasteiger partial charge on any atom is 0.215 e. The number of benzene rings is 1. The highest BCUT2D eigenvalue weighted by Gasteiger charge is 2.10. The highest BCUT2D eigenvalue weighted by Crippen LogP contribution is 2.07. The second kappa shape index (κ2) is 6.72. The fraction of sp³-hybridized carbons (Fsp3) is 0.333. The van der Waals surface area contributed by atoms with Gasteiger partial charge in [0.05, 0.1) is 5.75 Å². The van der Waals surface area contributed by atoms with Crippen LogP contribution >= 0.6 is 0 Å². The Kier molecular flexibility index (Phi) is 4.98. The molecule has 1 heterocycles. The SMILES string of the molecule is Cc1cccc(CS(=O)(=O)NCCCn2cccc2)c1. The second-order valence-electron chi connectivity index (χ2n) is 4.92. The molecule has 0 aliphatic heterocycles. The Hall–Kier alpha value is -1.59. The van der Waals surface area contributed by atoms with Crippen LogP contribution in [-0.2, 0) is 22.3 Å². The molecule has 1 aromatic heterocycles. The van der Waals surface area contributed by atoms with Gasteiger partial charge >= 0.3 is 0 Å². The van der Waals surface area contributed by atoms with E-state index in [2.05, 4.69) is 4.72 Å². The fourth-order valence-electron chi connectivity index (χ4n) is 2.08. The van der Waals surface area contributed by atoms with E-state index in [0.717, 1.165) is 24.1 Å². The molecule has 0 spiro atoms. The first-order chi connectivity index (χ1) is 9.55. The van der Waals surface area contributed by atoms with Crippen LogP contribution in [0.2, 0.25) is 0 Å². The topological polar surface area (TPSA) is 51.1 Å². The van der Waals surface area contributed by atoms with E-state index in [1.165, 1.54) is 0 Å². The minimum atomic E-state index is -3.25. The van der Waals surface area contributed by atoms with Crippen LogP contribution in [0.25, 0.3) is 0 Å². The van der Waals surface area contributed by atoms with Crippen molar-refractivity contribution in [1.29, 1.82) is 0 Å². The predicted octanol–water partition coefficient (Wildman–Crippen LogP) is 2.31. The molecule has 5 heteroatoms. The minimum Gasteiger partial charge on any atom is -0.354 e. The van der Waals surface area contributed by atoms with Gasteiger partial charge in [-0.1, -0.05) is 29.8 Å². The molecule has 0 aliphatic rings. The molecule has 2 rings (SSSR count). The molecule has 0 amide bonds. The largest absolute Gasteiger partial charge is 0.354 e. The van der Waals surface area contributed by atoms with Crippen molar-refractivity contribution in [2.45, 2.75) is 25.6 Å². The Morgan fingerprint density at radius 3 is 2.60 bits per heavy atom. The standard InChI is InChI=1S/C15H20N2O2S/c1-14-6-4-7-15(12-14)13-20(18,19)16-8-5-11-17-9-2-3-10-17/h2-4,6-7,9-10,12,16H,5,8,11,13H2,1H3. The summed E-state index contributed by atoms with van der Waals surface area (Å²) in [4.78, 5) is 0. The van der Waals surface area contributed by atoms with E-state index < -0.39 is 10.0 Å². The molecular weight excluding hydrogens is 272 g/mol. The first-order valence-electron chi connectivity index (χ1n) is 6.69. The minimum absolute atomic E-state index is 0.0399. The van der Waals surface area contributed by atoms with Gasteiger partial charge in [0.15, 0.2) is 0 Å². The summed E-state index contributed by atoms with van der Waals surface area (Å²) in [5, 5.41) is 0. The quantitative estimate of drug-likeness (QED) is 0.796. The summed E-state index contributed by atoms with van der Waals surface area (Å²) in [6, 6.07) is 11.5. The van der Waals surface area contributed by atoms with Gasteiger partial charge in [-0.2, -0.15) is 0 Å². The van der Waals surface area contributed by atoms with E-state index in [1.54, 1.807) is 0 Å². The van der Waals surface area contributed by atoms with E-state index >= 15 is 0 Å². The number of aromatic nitrogens is 1. The zero-order valence-corrected chi connectivity index (χ0v) is 12.4. The summed E-state index contributed by atoms with van der Waals surface area (Å²) < 4.78 is 28.6. The van der Waals surface area contributed by atoms with Crippen molar-refractivity contribution in [3.05, 3.63) is 59.9 Å². The lowest BCUT2D eigenvalue weighted by molar-refractivity contribution is 0.569. The zero-order valence-electron chi connectivity index (χ0n) is 11.6. The number of rotatable bonds is 7. The maximum atomic E-state index is 12.0. The molecule has 0 saturated heterocycles. The van der Waals surface area contributed by atoms with Crippen LogP contribution in [0.15, 0.2) is 48.8 Å². The fourth-order valence-corrected chi connectivity index (χ4v) is 3.26. The van der Waals surface area contributed by atoms with Crippen molar-refractivity contribution >= 4 is 10.0 Å². The number of nitrogens with zero attached hydrogens (tertiary/aromatic N) is 1. The lowest BCUT2D eigenvalue weighted by Gasteiger charge is -2.08. The summed E-state index contributed by atoms with van der Waals surface area (Å²) in [6.07, 6.45) is 4.73. The van der Waals surface area contributed by atoms with Crippen LogP contribution in [0.4, 0.5) is 0 Å². The Balaban J connectivity index is 1.79. The average molecular weight is 292 g/mol. The summed E-state index contributed by atoms with van der Waals surface area (Å²) in [5.41, 5.74) is 1.90. The van der Waals surface area contributed by atoms with E-state index in [9.17, 15) is 8.42 Å². The highest BCUT2D eigenvalue weighted by atomic mass is 32.2. The summed E-state index contributed by atoms with van der Waals surface area (Å²) in [7, 11) is -3.25. The molecule has 0 radical (unpaired) electrons. The van der Waals surface area contributed by atoms with Crippen LogP contribution in [0, 0.1) is 6.92 Å². The molecule has 0 aliphatic carbocycles. The molecule has 20 heavy (non-hydrogen) atoms. The third kappa shape index (κ3) is 4.83. The smallest absolute Gasteiger partial charge is 0.215 e. The molecule has 1 N–H and O–H groups in total. The molecule has 0 saturated carbocycles. The second-order valence-corrected chi connectivity index (χ2v) is 6.72. The number of nitrogens with one attached hydrogen (secondary N) is 1. The Morgan fingerprint density at radius 1 is 1.15 bits per heavy atom. The van der Waals surface area contributed by atoms with Crippen molar-refractivity contribution < 1.29 is 8.42 Å². The van der Waals surface area contributed by atoms with Gasteiger partial charge in [0.2, 0.25) is 10.0 Å². The first kappa shape index (κ1) is 14.8. The highest BCUT2D eigenvalue weighted by molar-refractivity contribution is 7.88. The first-order valence-corrected chi connectivity index (χ1v) is 8.34. The van der Waals surface area contributed by atoms with Gasteiger partial charge in [-0.15, -0.1) is 0 Å². The van der Waals surface area contributed by atoms with Gasteiger partial charge in [-0.3, -0.25) is 0 Å². The Morgan fingerprint density at radius 2 is 1.90 bits per heavy atom. The molecule has 0 bridgehead atoms. The molecule has 0 atom stereocenters. The third-order valence-electron chi connectivity index (χ3n) is 3.02. The average Bonchev–Trinajstić information content (AvgIpc) is 2.87. The predicted molar refractivity (Wildman–Crippen MR) is 80.9 cm³/mol. The van der Waals surface area contributed by atoms with Gasteiger partial charge in [0.1, 0.15) is 0 Å². The lowest BCUT2D eigenvalue weighted by atomic mass is 10.2. The lowest BCUT2D eigenvalue weighted by Crippen LogP contribution is -2.26. The summed E-state index contributed by atoms with van der Waals surface area (Å²) >= 11 is 0. The van der Waals surface area contributed by atoms with Gasteiger partial charge < -0.3 is 4.57 Å². The molecule has 4 nitrogen and oxygen atoms in total.